The first kappa shape index (κ1) is 27.9. The summed E-state index contributed by atoms with van der Waals surface area (Å²) in [5.74, 6) is 0. The summed E-state index contributed by atoms with van der Waals surface area (Å²) in [5.41, 5.74) is 0. The third-order valence-corrected chi connectivity index (χ3v) is 6.02. The molecule has 0 aromatic rings. The summed E-state index contributed by atoms with van der Waals surface area (Å²) in [6, 6.07) is 0. The number of hydrogen-bond donors (Lipinski definition) is 11. The molecule has 16 heteroatoms. The Labute approximate surface area is 192 Å². The minimum atomic E-state index is -1.74. The minimum Gasteiger partial charge on any atom is -0.394 e. The highest BCUT2D eigenvalue weighted by Gasteiger charge is 2.52. The van der Waals surface area contributed by atoms with Crippen LogP contribution in [0.25, 0.3) is 0 Å². The van der Waals surface area contributed by atoms with Gasteiger partial charge in [0.05, 0.1) is 19.8 Å². The predicted molar refractivity (Wildman–Crippen MR) is 101 cm³/mol. The molecule has 3 aliphatic heterocycles. The quantitative estimate of drug-likeness (QED) is 0.132. The van der Waals surface area contributed by atoms with Gasteiger partial charge in [0.1, 0.15) is 73.2 Å². The average Bonchev–Trinajstić information content (AvgIpc) is 3.37. The molecular weight excluding hydrogens is 472 g/mol. The van der Waals surface area contributed by atoms with Crippen molar-refractivity contribution in [2.75, 3.05) is 19.8 Å². The summed E-state index contributed by atoms with van der Waals surface area (Å²) in [4.78, 5) is 0. The van der Waals surface area contributed by atoms with Crippen molar-refractivity contribution in [2.24, 2.45) is 0 Å². The SMILES string of the molecule is OC[C@@H](O)[C@@H]1O[C@@H](OC[C@@H](O)[C@@H]2O[C@@H](O[C@H](CO)[C@@H]3O[C@@H](O)[C@H](O)[C@H]3O)[C@H](O)[C@H]2O)[C@H](O)[C@H]1O. The molecule has 15 atom stereocenters. The van der Waals surface area contributed by atoms with Gasteiger partial charge in [0, 0.05) is 0 Å². The molecule has 0 bridgehead atoms. The lowest BCUT2D eigenvalue weighted by molar-refractivity contribution is -0.244. The minimum absolute atomic E-state index is 0.635. The van der Waals surface area contributed by atoms with Crippen molar-refractivity contribution >= 4 is 0 Å². The van der Waals surface area contributed by atoms with Crippen molar-refractivity contribution in [3.05, 3.63) is 0 Å². The third kappa shape index (κ3) is 5.52. The first-order chi connectivity index (χ1) is 16.0. The zero-order valence-corrected chi connectivity index (χ0v) is 17.7. The van der Waals surface area contributed by atoms with E-state index in [0.717, 1.165) is 0 Å². The maximum Gasteiger partial charge on any atom is 0.187 e. The molecule has 0 unspecified atom stereocenters. The lowest BCUT2D eigenvalue weighted by atomic mass is 10.1. The number of ether oxygens (including phenoxy) is 5. The fraction of sp³-hybridized carbons (Fsp3) is 1.00. The molecule has 0 aromatic heterocycles. The van der Waals surface area contributed by atoms with E-state index >= 15 is 0 Å². The summed E-state index contributed by atoms with van der Waals surface area (Å²) in [7, 11) is 0. The van der Waals surface area contributed by atoms with E-state index in [2.05, 4.69) is 0 Å². The molecule has 3 rings (SSSR count). The maximum atomic E-state index is 10.4. The van der Waals surface area contributed by atoms with Crippen LogP contribution in [0, 0.1) is 0 Å². The molecule has 0 aromatic carbocycles. The zero-order chi connectivity index (χ0) is 25.3. The Hall–Kier alpha value is -0.640. The smallest absolute Gasteiger partial charge is 0.187 e. The van der Waals surface area contributed by atoms with Crippen LogP contribution in [0.5, 0.6) is 0 Å². The number of rotatable bonds is 10. The third-order valence-electron chi connectivity index (χ3n) is 6.02. The largest absolute Gasteiger partial charge is 0.394 e. The molecule has 0 spiro atoms. The average molecular weight is 504 g/mol. The second-order valence-corrected chi connectivity index (χ2v) is 8.38. The zero-order valence-electron chi connectivity index (χ0n) is 17.7. The highest BCUT2D eigenvalue weighted by Crippen LogP contribution is 2.30. The van der Waals surface area contributed by atoms with Crippen LogP contribution in [0.1, 0.15) is 0 Å². The van der Waals surface area contributed by atoms with Gasteiger partial charge in [0.25, 0.3) is 0 Å². The highest BCUT2D eigenvalue weighted by molar-refractivity contribution is 4.95. The second kappa shape index (κ2) is 11.6. The molecule has 3 heterocycles. The van der Waals surface area contributed by atoms with E-state index in [9.17, 15) is 51.1 Å². The Morgan fingerprint density at radius 1 is 0.588 bits per heavy atom. The Balaban J connectivity index is 1.55. The first-order valence-electron chi connectivity index (χ1n) is 10.6. The van der Waals surface area contributed by atoms with Gasteiger partial charge < -0.3 is 79.9 Å². The van der Waals surface area contributed by atoms with E-state index in [0.29, 0.717) is 0 Å². The molecule has 0 aliphatic carbocycles. The van der Waals surface area contributed by atoms with Gasteiger partial charge in [-0.1, -0.05) is 0 Å². The molecule has 200 valence electrons. The summed E-state index contributed by atoms with van der Waals surface area (Å²) in [6.07, 6.45) is -23.6. The van der Waals surface area contributed by atoms with Crippen molar-refractivity contribution in [2.45, 2.75) is 92.1 Å². The lowest BCUT2D eigenvalue weighted by Gasteiger charge is -2.28. The molecule has 0 amide bonds. The molecule has 16 nitrogen and oxygen atoms in total. The fourth-order valence-electron chi connectivity index (χ4n) is 4.01. The lowest BCUT2D eigenvalue weighted by Crippen LogP contribution is -2.46. The Morgan fingerprint density at radius 3 is 1.65 bits per heavy atom. The van der Waals surface area contributed by atoms with Crippen LogP contribution in [-0.2, 0) is 23.7 Å². The first-order valence-corrected chi connectivity index (χ1v) is 10.6. The van der Waals surface area contributed by atoms with Gasteiger partial charge in [-0.3, -0.25) is 0 Å². The van der Waals surface area contributed by atoms with Crippen LogP contribution in [0.15, 0.2) is 0 Å². The van der Waals surface area contributed by atoms with Crippen LogP contribution < -0.4 is 0 Å². The Bertz CT molecular complexity index is 641. The van der Waals surface area contributed by atoms with Crippen LogP contribution in [-0.4, -0.2) is 168 Å². The topological polar surface area (TPSA) is 269 Å². The van der Waals surface area contributed by atoms with Crippen molar-refractivity contribution < 1.29 is 79.9 Å². The molecule has 0 radical (unpaired) electrons. The van der Waals surface area contributed by atoms with Crippen LogP contribution in [0.4, 0.5) is 0 Å². The van der Waals surface area contributed by atoms with E-state index in [1.165, 1.54) is 0 Å². The van der Waals surface area contributed by atoms with Crippen LogP contribution >= 0.6 is 0 Å². The van der Waals surface area contributed by atoms with E-state index in [1.54, 1.807) is 0 Å². The fourth-order valence-corrected chi connectivity index (χ4v) is 4.01. The van der Waals surface area contributed by atoms with Gasteiger partial charge in [-0.2, -0.15) is 0 Å². The summed E-state index contributed by atoms with van der Waals surface area (Å²) < 4.78 is 25.9. The number of hydrogen-bond acceptors (Lipinski definition) is 16. The molecule has 34 heavy (non-hydrogen) atoms. The van der Waals surface area contributed by atoms with Crippen LogP contribution in [0.3, 0.4) is 0 Å². The standard InChI is InChI=1S/C18H32O16/c19-1-4(21)13-8(24)11(27)17(33-13)30-3-5(22)14-9(25)12(28)18(34-14)31-6(2-20)15-7(23)10(26)16(29)32-15/h4-29H,1-3H2/t4-,5-,6-,7-,8-,9-,10-,11-,12-,13+,14+,15+,16-,17-,18-/m1/s1. The Kier molecular flexibility index (Phi) is 9.54. The van der Waals surface area contributed by atoms with Gasteiger partial charge in [-0.25, -0.2) is 0 Å². The second-order valence-electron chi connectivity index (χ2n) is 8.38. The van der Waals surface area contributed by atoms with Gasteiger partial charge >= 0.3 is 0 Å². The predicted octanol–water partition coefficient (Wildman–Crippen LogP) is -7.57. The Morgan fingerprint density at radius 2 is 1.12 bits per heavy atom. The van der Waals surface area contributed by atoms with E-state index in [4.69, 9.17) is 28.8 Å². The summed E-state index contributed by atoms with van der Waals surface area (Å²) in [5, 5.41) is 108. The molecule has 3 saturated heterocycles. The monoisotopic (exact) mass is 504 g/mol. The molecular formula is C18H32O16. The van der Waals surface area contributed by atoms with E-state index < -0.39 is 112 Å². The highest BCUT2D eigenvalue weighted by atomic mass is 16.7. The summed E-state index contributed by atoms with van der Waals surface area (Å²) >= 11 is 0. The normalized spacial score (nSPS) is 47.7. The van der Waals surface area contributed by atoms with Crippen molar-refractivity contribution in [3.63, 3.8) is 0 Å². The van der Waals surface area contributed by atoms with Crippen molar-refractivity contribution in [1.29, 1.82) is 0 Å². The van der Waals surface area contributed by atoms with Crippen LogP contribution in [0.2, 0.25) is 0 Å². The van der Waals surface area contributed by atoms with Gasteiger partial charge in [-0.15, -0.1) is 0 Å². The summed E-state index contributed by atoms with van der Waals surface area (Å²) in [6.45, 7) is -2.18. The molecule has 11 N–H and O–H groups in total. The molecule has 3 fully saturated rings. The maximum absolute atomic E-state index is 10.4. The number of aliphatic hydroxyl groups is 11. The van der Waals surface area contributed by atoms with Crippen molar-refractivity contribution in [3.8, 4) is 0 Å². The molecule has 0 saturated carbocycles. The van der Waals surface area contributed by atoms with Crippen molar-refractivity contribution in [1.82, 2.24) is 0 Å². The number of aliphatic hydroxyl groups excluding tert-OH is 11. The molecule has 3 aliphatic rings. The van der Waals surface area contributed by atoms with E-state index in [1.807, 2.05) is 0 Å². The van der Waals surface area contributed by atoms with E-state index in [-0.39, 0.29) is 0 Å². The van der Waals surface area contributed by atoms with Gasteiger partial charge in [0.2, 0.25) is 0 Å². The van der Waals surface area contributed by atoms with Gasteiger partial charge in [-0.05, 0) is 0 Å². The van der Waals surface area contributed by atoms with Gasteiger partial charge in [0.15, 0.2) is 18.9 Å².